The maximum Gasteiger partial charge on any atom is 0.286 e. The Balaban J connectivity index is 1.97. The van der Waals surface area contributed by atoms with Crippen LogP contribution in [0, 0.1) is 11.8 Å². The Kier molecular flexibility index (Phi) is 4.40. The van der Waals surface area contributed by atoms with Gasteiger partial charge in [-0.1, -0.05) is 13.8 Å². The van der Waals surface area contributed by atoms with Gasteiger partial charge in [0.15, 0.2) is 5.76 Å². The molecule has 24 heavy (non-hydrogen) atoms. The highest BCUT2D eigenvalue weighted by atomic mass is 32.2. The second-order valence-electron chi connectivity index (χ2n) is 6.66. The van der Waals surface area contributed by atoms with Crippen molar-refractivity contribution in [2.24, 2.45) is 11.8 Å². The molecule has 2 heterocycles. The van der Waals surface area contributed by atoms with Gasteiger partial charge in [-0.25, -0.2) is 8.42 Å². The molecule has 0 radical (unpaired) electrons. The largest absolute Gasteiger partial charge is 0.451 e. The van der Waals surface area contributed by atoms with E-state index in [1.54, 1.807) is 28.6 Å². The van der Waals surface area contributed by atoms with Crippen molar-refractivity contribution < 1.29 is 17.6 Å². The maximum atomic E-state index is 12.9. The van der Waals surface area contributed by atoms with Crippen molar-refractivity contribution in [3.8, 4) is 0 Å². The molecule has 2 unspecified atom stereocenters. The minimum atomic E-state index is -3.54. The van der Waals surface area contributed by atoms with E-state index in [-0.39, 0.29) is 16.6 Å². The predicted molar refractivity (Wildman–Crippen MR) is 91.3 cm³/mol. The highest BCUT2D eigenvalue weighted by Gasteiger charge is 2.31. The van der Waals surface area contributed by atoms with E-state index in [1.165, 1.54) is 7.05 Å². The first-order chi connectivity index (χ1) is 11.3. The third kappa shape index (κ3) is 3.06. The second-order valence-corrected chi connectivity index (χ2v) is 8.60. The van der Waals surface area contributed by atoms with Crippen LogP contribution in [0.25, 0.3) is 11.0 Å². The number of hydrogen-bond acceptors (Lipinski definition) is 4. The van der Waals surface area contributed by atoms with E-state index in [0.29, 0.717) is 35.9 Å². The second kappa shape index (κ2) is 6.22. The van der Waals surface area contributed by atoms with Crippen LogP contribution in [0.5, 0.6) is 0 Å². The topological polar surface area (TPSA) is 79.6 Å². The Morgan fingerprint density at radius 3 is 2.50 bits per heavy atom. The monoisotopic (exact) mass is 350 g/mol. The first-order valence-corrected chi connectivity index (χ1v) is 9.51. The van der Waals surface area contributed by atoms with E-state index >= 15 is 0 Å². The number of furan rings is 1. The van der Waals surface area contributed by atoms with Crippen molar-refractivity contribution in [3.63, 3.8) is 0 Å². The smallest absolute Gasteiger partial charge is 0.286 e. The van der Waals surface area contributed by atoms with Crippen LogP contribution in [0.15, 0.2) is 33.6 Å². The standard InChI is InChI=1S/C17H22N2O4S/c1-11-6-12(2)10-19(9-11)24(21,22)14-4-5-15-13(7-14)8-16(23-15)17(20)18-3/h4-5,7-8,11-12H,6,9-10H2,1-3H3,(H,18,20). The lowest BCUT2D eigenvalue weighted by Gasteiger charge is -2.34. The van der Waals surface area contributed by atoms with Crippen LogP contribution in [0.2, 0.25) is 0 Å². The zero-order valence-corrected chi connectivity index (χ0v) is 14.9. The molecule has 1 aromatic heterocycles. The Morgan fingerprint density at radius 2 is 1.88 bits per heavy atom. The summed E-state index contributed by atoms with van der Waals surface area (Å²) in [5.74, 6) is 0.527. The first-order valence-electron chi connectivity index (χ1n) is 8.07. The summed E-state index contributed by atoms with van der Waals surface area (Å²) >= 11 is 0. The summed E-state index contributed by atoms with van der Waals surface area (Å²) in [6, 6.07) is 6.28. The van der Waals surface area contributed by atoms with E-state index in [1.807, 2.05) is 0 Å². The van der Waals surface area contributed by atoms with Gasteiger partial charge in [-0.3, -0.25) is 4.79 Å². The lowest BCUT2D eigenvalue weighted by atomic mass is 9.94. The molecule has 0 spiro atoms. The van der Waals surface area contributed by atoms with Crippen LogP contribution in [0.3, 0.4) is 0 Å². The summed E-state index contributed by atoms with van der Waals surface area (Å²) in [6.07, 6.45) is 1.04. The molecule has 1 aromatic carbocycles. The molecule has 1 amide bonds. The van der Waals surface area contributed by atoms with Crippen molar-refractivity contribution in [1.82, 2.24) is 9.62 Å². The number of carbonyl (C=O) groups excluding carboxylic acids is 1. The molecule has 7 heteroatoms. The Labute approximate surface area is 141 Å². The molecule has 130 valence electrons. The van der Waals surface area contributed by atoms with Gasteiger partial charge in [-0.15, -0.1) is 0 Å². The van der Waals surface area contributed by atoms with Gasteiger partial charge in [0.25, 0.3) is 5.91 Å². The van der Waals surface area contributed by atoms with Crippen molar-refractivity contribution in [2.75, 3.05) is 20.1 Å². The first kappa shape index (κ1) is 17.0. The number of rotatable bonds is 3. The molecule has 2 aromatic rings. The van der Waals surface area contributed by atoms with E-state index in [9.17, 15) is 13.2 Å². The van der Waals surface area contributed by atoms with Gasteiger partial charge >= 0.3 is 0 Å². The van der Waals surface area contributed by atoms with Crippen LogP contribution < -0.4 is 5.32 Å². The fourth-order valence-corrected chi connectivity index (χ4v) is 5.08. The number of amides is 1. The number of hydrogen-bond donors (Lipinski definition) is 1. The van der Waals surface area contributed by atoms with Crippen LogP contribution in [-0.2, 0) is 10.0 Å². The molecular formula is C17H22N2O4S. The van der Waals surface area contributed by atoms with Crippen LogP contribution in [-0.4, -0.2) is 38.8 Å². The van der Waals surface area contributed by atoms with Crippen molar-refractivity contribution in [3.05, 3.63) is 30.0 Å². The quantitative estimate of drug-likeness (QED) is 0.922. The Hall–Kier alpha value is -1.86. The average Bonchev–Trinajstić information content (AvgIpc) is 2.96. The molecule has 1 N–H and O–H groups in total. The normalized spacial score (nSPS) is 22.6. The van der Waals surface area contributed by atoms with E-state index < -0.39 is 10.0 Å². The summed E-state index contributed by atoms with van der Waals surface area (Å²) in [5, 5.41) is 3.09. The highest BCUT2D eigenvalue weighted by molar-refractivity contribution is 7.89. The number of carbonyl (C=O) groups is 1. The molecule has 1 aliphatic rings. The third-order valence-electron chi connectivity index (χ3n) is 4.41. The van der Waals surface area contributed by atoms with Crippen molar-refractivity contribution in [2.45, 2.75) is 25.2 Å². The Morgan fingerprint density at radius 1 is 1.21 bits per heavy atom. The summed E-state index contributed by atoms with van der Waals surface area (Å²) in [6.45, 7) is 5.24. The maximum absolute atomic E-state index is 12.9. The van der Waals surface area contributed by atoms with Gasteiger partial charge in [0.05, 0.1) is 4.90 Å². The van der Waals surface area contributed by atoms with Crippen molar-refractivity contribution in [1.29, 1.82) is 0 Å². The number of nitrogens with one attached hydrogen (secondary N) is 1. The molecule has 0 saturated carbocycles. The van der Waals surface area contributed by atoms with E-state index in [4.69, 9.17) is 4.42 Å². The number of nitrogens with zero attached hydrogens (tertiary/aromatic N) is 1. The van der Waals surface area contributed by atoms with Gasteiger partial charge in [-0.2, -0.15) is 4.31 Å². The lowest BCUT2D eigenvalue weighted by Crippen LogP contribution is -2.42. The van der Waals surface area contributed by atoms with Crippen molar-refractivity contribution >= 4 is 26.9 Å². The third-order valence-corrected chi connectivity index (χ3v) is 6.24. The van der Waals surface area contributed by atoms with Crippen LogP contribution in [0.1, 0.15) is 30.8 Å². The Bertz CT molecular complexity index is 862. The molecule has 3 rings (SSSR count). The van der Waals surface area contributed by atoms with Crippen LogP contribution >= 0.6 is 0 Å². The zero-order chi connectivity index (χ0) is 17.5. The van der Waals surface area contributed by atoms with Gasteiger partial charge in [-0.05, 0) is 42.5 Å². The zero-order valence-electron chi connectivity index (χ0n) is 14.1. The number of benzene rings is 1. The molecular weight excluding hydrogens is 328 g/mol. The van der Waals surface area contributed by atoms with E-state index in [2.05, 4.69) is 19.2 Å². The molecule has 0 bridgehead atoms. The van der Waals surface area contributed by atoms with Gasteiger partial charge in [0, 0.05) is 25.5 Å². The fourth-order valence-electron chi connectivity index (χ4n) is 3.37. The molecule has 6 nitrogen and oxygen atoms in total. The fraction of sp³-hybridized carbons (Fsp3) is 0.471. The SMILES string of the molecule is CNC(=O)c1cc2cc(S(=O)(=O)N3CC(C)CC(C)C3)ccc2o1. The molecule has 0 aliphatic carbocycles. The minimum Gasteiger partial charge on any atom is -0.451 e. The molecule has 1 aliphatic heterocycles. The van der Waals surface area contributed by atoms with E-state index in [0.717, 1.165) is 6.42 Å². The van der Waals surface area contributed by atoms with Gasteiger partial charge < -0.3 is 9.73 Å². The van der Waals surface area contributed by atoms with Gasteiger partial charge in [0.2, 0.25) is 10.0 Å². The summed E-state index contributed by atoms with van der Waals surface area (Å²) in [4.78, 5) is 11.9. The van der Waals surface area contributed by atoms with Gasteiger partial charge in [0.1, 0.15) is 5.58 Å². The van der Waals surface area contributed by atoms with Crippen LogP contribution in [0.4, 0.5) is 0 Å². The predicted octanol–water partition coefficient (Wildman–Crippen LogP) is 2.46. The number of fused-ring (bicyclic) bond motifs is 1. The molecule has 1 saturated heterocycles. The summed E-state index contributed by atoms with van der Waals surface area (Å²) in [5.41, 5.74) is 0.493. The lowest BCUT2D eigenvalue weighted by molar-refractivity contribution is 0.0938. The number of piperidine rings is 1. The summed E-state index contributed by atoms with van der Waals surface area (Å²) < 4.78 is 32.9. The highest BCUT2D eigenvalue weighted by Crippen LogP contribution is 2.29. The summed E-state index contributed by atoms with van der Waals surface area (Å²) in [7, 11) is -2.03. The minimum absolute atomic E-state index is 0.169. The molecule has 1 fully saturated rings. The average molecular weight is 350 g/mol. The number of sulfonamides is 1. The molecule has 2 atom stereocenters.